The van der Waals surface area contributed by atoms with Gasteiger partial charge in [0.2, 0.25) is 11.7 Å². The van der Waals surface area contributed by atoms with Crippen LogP contribution in [0, 0.1) is 0 Å². The maximum atomic E-state index is 13.5. The van der Waals surface area contributed by atoms with E-state index in [1.165, 1.54) is 0 Å². The molecule has 2 aliphatic heterocycles. The number of piperidine rings is 1. The second-order valence-corrected chi connectivity index (χ2v) is 10.6. The van der Waals surface area contributed by atoms with Gasteiger partial charge >= 0.3 is 10.1 Å². The number of carbonyl (C=O) groups excluding carboxylic acids is 1. The van der Waals surface area contributed by atoms with Crippen LogP contribution >= 0.6 is 0 Å². The van der Waals surface area contributed by atoms with Crippen LogP contribution in [0.1, 0.15) is 95.2 Å². The molecule has 0 unspecified atom stereocenters. The lowest BCUT2D eigenvalue weighted by atomic mass is 9.89. The van der Waals surface area contributed by atoms with E-state index in [1.54, 1.807) is 11.0 Å². The first-order chi connectivity index (χ1) is 14.5. The molecule has 1 fully saturated rings. The first-order valence-corrected chi connectivity index (χ1v) is 12.4. The second kappa shape index (κ2) is 9.01. The van der Waals surface area contributed by atoms with Crippen LogP contribution in [0.4, 0.5) is 0 Å². The van der Waals surface area contributed by atoms with Gasteiger partial charge in [-0.25, -0.2) is 4.79 Å². The minimum atomic E-state index is -4.16. The lowest BCUT2D eigenvalue weighted by Gasteiger charge is -2.32. The summed E-state index contributed by atoms with van der Waals surface area (Å²) in [5, 5.41) is 0. The molecule has 1 aromatic carbocycles. The van der Waals surface area contributed by atoms with Crippen LogP contribution in [0.2, 0.25) is 0 Å². The Hall–Kier alpha value is -2.37. The van der Waals surface area contributed by atoms with Gasteiger partial charge in [0.25, 0.3) is 0 Å². The van der Waals surface area contributed by atoms with Gasteiger partial charge in [-0.3, -0.25) is 0 Å². The van der Waals surface area contributed by atoms with E-state index in [0.29, 0.717) is 6.54 Å². The molecule has 3 rings (SSSR count). The molecule has 2 heterocycles. The van der Waals surface area contributed by atoms with Gasteiger partial charge in [-0.15, -0.1) is 0 Å². The Kier molecular flexibility index (Phi) is 6.77. The third-order valence-electron chi connectivity index (χ3n) is 5.79. The molecule has 168 valence electrons. The van der Waals surface area contributed by atoms with Crippen LogP contribution in [0.25, 0.3) is 0 Å². The van der Waals surface area contributed by atoms with Crippen LogP contribution < -0.4 is 0 Å². The Morgan fingerprint density at radius 1 is 1.00 bits per heavy atom. The average Bonchev–Trinajstić information content (AvgIpc) is 2.71. The molecule has 1 aromatic rings. The third-order valence-corrected chi connectivity index (χ3v) is 7.15. The lowest BCUT2D eigenvalue weighted by Crippen LogP contribution is -2.31. The summed E-state index contributed by atoms with van der Waals surface area (Å²) in [5.41, 5.74) is 3.43. The molecule has 6 nitrogen and oxygen atoms in total. The van der Waals surface area contributed by atoms with Crippen molar-refractivity contribution in [2.75, 3.05) is 6.54 Å². The maximum absolute atomic E-state index is 13.5. The minimum absolute atomic E-state index is 0.00417. The van der Waals surface area contributed by atoms with Crippen molar-refractivity contribution in [1.29, 1.82) is 0 Å². The van der Waals surface area contributed by atoms with E-state index >= 15 is 0 Å². The minimum Gasteiger partial charge on any atom is -0.358 e. The van der Waals surface area contributed by atoms with Crippen LogP contribution in [-0.4, -0.2) is 31.7 Å². The number of nitrogens with zero attached hydrogens (tertiary/aromatic N) is 2. The number of hydrogen-bond acceptors (Lipinski definition) is 6. The first-order valence-electron chi connectivity index (χ1n) is 11.0. The summed E-state index contributed by atoms with van der Waals surface area (Å²) in [6.07, 6.45) is 4.29. The fourth-order valence-corrected chi connectivity index (χ4v) is 5.60. The van der Waals surface area contributed by atoms with Gasteiger partial charge in [0.15, 0.2) is 5.94 Å². The molecule has 7 heteroatoms. The predicted molar refractivity (Wildman–Crippen MR) is 122 cm³/mol. The normalized spacial score (nSPS) is 16.9. The molecule has 1 saturated heterocycles. The SMILES string of the molecule is CC(C)c1cc(C(C)C)c(S(=O)(=O)OC2=NC(=C=O)N3CCCCC3=C2)c(C(C)C)c1. The molecule has 0 bridgehead atoms. The van der Waals surface area contributed by atoms with E-state index < -0.39 is 10.1 Å². The smallest absolute Gasteiger partial charge is 0.341 e. The van der Waals surface area contributed by atoms with Gasteiger partial charge in [0.05, 0.1) is 0 Å². The molecular formula is C24H32N2O4S. The number of benzene rings is 1. The van der Waals surface area contributed by atoms with Gasteiger partial charge in [-0.05, 0) is 53.7 Å². The topological polar surface area (TPSA) is 76.0 Å². The Morgan fingerprint density at radius 2 is 1.61 bits per heavy atom. The molecule has 31 heavy (non-hydrogen) atoms. The van der Waals surface area contributed by atoms with E-state index in [0.717, 1.165) is 41.6 Å². The Morgan fingerprint density at radius 3 is 2.13 bits per heavy atom. The highest BCUT2D eigenvalue weighted by Gasteiger charge is 2.32. The predicted octanol–water partition coefficient (Wildman–Crippen LogP) is 5.22. The van der Waals surface area contributed by atoms with Gasteiger partial charge in [0, 0.05) is 18.3 Å². The van der Waals surface area contributed by atoms with Crippen molar-refractivity contribution in [3.63, 3.8) is 0 Å². The largest absolute Gasteiger partial charge is 0.358 e. The number of allylic oxidation sites excluding steroid dienone is 1. The maximum Gasteiger partial charge on any atom is 0.341 e. The summed E-state index contributed by atoms with van der Waals surface area (Å²) in [6, 6.07) is 3.94. The second-order valence-electron chi connectivity index (χ2n) is 9.15. The van der Waals surface area contributed by atoms with Crippen LogP contribution in [0.5, 0.6) is 0 Å². The van der Waals surface area contributed by atoms with Crippen molar-refractivity contribution in [1.82, 2.24) is 4.90 Å². The van der Waals surface area contributed by atoms with E-state index in [2.05, 4.69) is 18.8 Å². The van der Waals surface area contributed by atoms with Crippen molar-refractivity contribution in [2.45, 2.75) is 83.5 Å². The molecule has 2 aliphatic rings. The van der Waals surface area contributed by atoms with Crippen molar-refractivity contribution >= 4 is 22.0 Å². The van der Waals surface area contributed by atoms with Crippen molar-refractivity contribution in [3.05, 3.63) is 46.4 Å². The number of fused-ring (bicyclic) bond motifs is 1. The third kappa shape index (κ3) is 4.78. The molecular weight excluding hydrogens is 412 g/mol. The standard InChI is InChI=1S/C24H32N2O4S/c1-15(2)18-11-20(16(3)4)24(21(12-18)17(5)6)31(28,29)30-23-13-19-9-7-8-10-26(19)22(14-27)25-23/h11-13,15-17H,7-10H2,1-6H3. The summed E-state index contributed by atoms with van der Waals surface area (Å²) in [7, 11) is -4.16. The Bertz CT molecular complexity index is 1050. The summed E-state index contributed by atoms with van der Waals surface area (Å²) in [4.78, 5) is 17.6. The van der Waals surface area contributed by atoms with E-state index in [-0.39, 0.29) is 34.4 Å². The van der Waals surface area contributed by atoms with E-state index in [4.69, 9.17) is 4.18 Å². The van der Waals surface area contributed by atoms with Crippen LogP contribution in [0.15, 0.2) is 39.6 Å². The highest BCUT2D eigenvalue weighted by Crippen LogP contribution is 2.36. The molecule has 0 radical (unpaired) electrons. The zero-order chi connectivity index (χ0) is 22.9. The fourth-order valence-electron chi connectivity index (χ4n) is 4.04. The highest BCUT2D eigenvalue weighted by molar-refractivity contribution is 7.87. The average molecular weight is 445 g/mol. The molecule has 0 N–H and O–H groups in total. The Balaban J connectivity index is 2.11. The molecule has 0 saturated carbocycles. The molecule has 0 spiro atoms. The zero-order valence-corrected chi connectivity index (χ0v) is 20.0. The quantitative estimate of drug-likeness (QED) is 0.460. The van der Waals surface area contributed by atoms with E-state index in [9.17, 15) is 13.2 Å². The van der Waals surface area contributed by atoms with Gasteiger partial charge in [-0.2, -0.15) is 13.4 Å². The summed E-state index contributed by atoms with van der Waals surface area (Å²) in [6.45, 7) is 12.8. The molecule has 0 aromatic heterocycles. The Labute approximate surface area is 185 Å². The summed E-state index contributed by atoms with van der Waals surface area (Å²) < 4.78 is 32.6. The monoisotopic (exact) mass is 444 g/mol. The summed E-state index contributed by atoms with van der Waals surface area (Å²) in [5.74, 6) is 2.09. The number of rotatable bonds is 5. The lowest BCUT2D eigenvalue weighted by molar-refractivity contribution is 0.344. The van der Waals surface area contributed by atoms with Crippen LogP contribution in [-0.2, 0) is 19.1 Å². The fraction of sp³-hybridized carbons (Fsp3) is 0.542. The van der Waals surface area contributed by atoms with Crippen molar-refractivity contribution in [2.24, 2.45) is 4.99 Å². The number of aliphatic imine (C=N–C) groups is 1. The molecule has 0 atom stereocenters. The van der Waals surface area contributed by atoms with Gasteiger partial charge in [0.1, 0.15) is 4.90 Å². The van der Waals surface area contributed by atoms with Crippen molar-refractivity contribution in [3.8, 4) is 0 Å². The number of hydrogen-bond donors (Lipinski definition) is 0. The van der Waals surface area contributed by atoms with Gasteiger partial charge < -0.3 is 9.08 Å². The summed E-state index contributed by atoms with van der Waals surface area (Å²) >= 11 is 0. The molecule has 0 aliphatic carbocycles. The van der Waals surface area contributed by atoms with Crippen LogP contribution in [0.3, 0.4) is 0 Å². The van der Waals surface area contributed by atoms with Crippen molar-refractivity contribution < 1.29 is 17.4 Å². The first kappa shape index (κ1) is 23.3. The van der Waals surface area contributed by atoms with Gasteiger partial charge in [-0.1, -0.05) is 53.7 Å². The molecule has 0 amide bonds. The van der Waals surface area contributed by atoms with E-state index in [1.807, 2.05) is 45.8 Å². The zero-order valence-electron chi connectivity index (χ0n) is 19.2. The highest BCUT2D eigenvalue weighted by atomic mass is 32.2.